The zero-order chi connectivity index (χ0) is 39.3. The molecule has 0 heterocycles. The lowest BCUT2D eigenvalue weighted by Crippen LogP contribution is -1.95. The Morgan fingerprint density at radius 2 is 0.633 bits per heavy atom. The summed E-state index contributed by atoms with van der Waals surface area (Å²) in [5.74, 6) is 0. The number of hydrogen-bond acceptors (Lipinski definition) is 0. The summed E-state index contributed by atoms with van der Waals surface area (Å²) in [6.45, 7) is 0. The maximum Gasteiger partial charge on any atom is -0.00206 e. The molecule has 13 aromatic carbocycles. The molecule has 0 nitrogen and oxygen atoms in total. The Bertz CT molecular complexity index is 3770. The lowest BCUT2D eigenvalue weighted by molar-refractivity contribution is 1.57. The lowest BCUT2D eigenvalue weighted by atomic mass is 9.82. The molecule has 0 radical (unpaired) electrons. The number of benzene rings is 13. The van der Waals surface area contributed by atoms with Crippen LogP contribution in [-0.4, -0.2) is 0 Å². The molecule has 0 unspecified atom stereocenters. The molecule has 0 aliphatic rings. The van der Waals surface area contributed by atoms with Crippen LogP contribution in [0.15, 0.2) is 218 Å². The van der Waals surface area contributed by atoms with Crippen molar-refractivity contribution in [1.82, 2.24) is 0 Å². The van der Waals surface area contributed by atoms with Gasteiger partial charge in [0.1, 0.15) is 0 Å². The Kier molecular flexibility index (Phi) is 7.11. The van der Waals surface area contributed by atoms with Gasteiger partial charge in [-0.1, -0.05) is 206 Å². The summed E-state index contributed by atoms with van der Waals surface area (Å²) in [6, 6.07) is 81.6. The summed E-state index contributed by atoms with van der Waals surface area (Å²) in [7, 11) is 0. The van der Waals surface area contributed by atoms with Gasteiger partial charge in [0.15, 0.2) is 0 Å². The normalized spacial score (nSPS) is 12.0. The SMILES string of the molecule is c1ccc(-c2cc(-c3cc(-c4ccc5ccc6cccc7ccc4c5c67)c4ccccc4c3-c3ccccc3)ccc2-c2ccc3ccc4cccc5ccc2c3c45)cc1. The first-order valence-electron chi connectivity index (χ1n) is 20.9. The molecule has 13 aromatic rings. The fourth-order valence-corrected chi connectivity index (χ4v) is 10.5. The van der Waals surface area contributed by atoms with Crippen molar-refractivity contribution in [3.63, 3.8) is 0 Å². The van der Waals surface area contributed by atoms with Crippen molar-refractivity contribution in [2.45, 2.75) is 0 Å². The number of rotatable bonds is 5. The van der Waals surface area contributed by atoms with Gasteiger partial charge < -0.3 is 0 Å². The van der Waals surface area contributed by atoms with Crippen molar-refractivity contribution >= 4 is 75.4 Å². The molecule has 0 aliphatic carbocycles. The third kappa shape index (κ3) is 4.86. The molecule has 0 N–H and O–H groups in total. The van der Waals surface area contributed by atoms with Crippen LogP contribution < -0.4 is 0 Å². The lowest BCUT2D eigenvalue weighted by Gasteiger charge is -2.21. The van der Waals surface area contributed by atoms with Crippen LogP contribution in [0.4, 0.5) is 0 Å². The molecule has 0 aliphatic heterocycles. The molecule has 276 valence electrons. The highest BCUT2D eigenvalue weighted by Gasteiger charge is 2.21. The smallest absolute Gasteiger partial charge is 0.00206 e. The monoisotopic (exact) mass is 756 g/mol. The van der Waals surface area contributed by atoms with E-state index in [-0.39, 0.29) is 0 Å². The fourth-order valence-electron chi connectivity index (χ4n) is 10.5. The third-order valence-corrected chi connectivity index (χ3v) is 13.2. The molecule has 0 aromatic heterocycles. The minimum atomic E-state index is 1.19. The molecule has 0 saturated carbocycles. The van der Waals surface area contributed by atoms with Gasteiger partial charge in [0.25, 0.3) is 0 Å². The first kappa shape index (κ1) is 33.2. The Labute approximate surface area is 347 Å². The van der Waals surface area contributed by atoms with Crippen LogP contribution in [-0.2, 0) is 0 Å². The van der Waals surface area contributed by atoms with E-state index in [0.29, 0.717) is 0 Å². The molecule has 0 atom stereocenters. The number of fused-ring (bicyclic) bond motifs is 1. The highest BCUT2D eigenvalue weighted by atomic mass is 14.2. The summed E-state index contributed by atoms with van der Waals surface area (Å²) in [5, 5.41) is 18.1. The van der Waals surface area contributed by atoms with Gasteiger partial charge in [-0.15, -0.1) is 0 Å². The topological polar surface area (TPSA) is 0 Å². The summed E-state index contributed by atoms with van der Waals surface area (Å²) < 4.78 is 0. The van der Waals surface area contributed by atoms with Crippen molar-refractivity contribution in [1.29, 1.82) is 0 Å². The van der Waals surface area contributed by atoms with Gasteiger partial charge in [0, 0.05) is 0 Å². The second kappa shape index (κ2) is 12.9. The van der Waals surface area contributed by atoms with Crippen LogP contribution in [0.2, 0.25) is 0 Å². The first-order valence-corrected chi connectivity index (χ1v) is 20.9. The molecule has 60 heavy (non-hydrogen) atoms. The molecule has 0 heteroatoms. The van der Waals surface area contributed by atoms with E-state index in [1.54, 1.807) is 0 Å². The van der Waals surface area contributed by atoms with E-state index in [0.717, 1.165) is 0 Å². The van der Waals surface area contributed by atoms with Gasteiger partial charge in [-0.25, -0.2) is 0 Å². The second-order valence-corrected chi connectivity index (χ2v) is 16.3. The predicted octanol–water partition coefficient (Wildman–Crippen LogP) is 17.0. The van der Waals surface area contributed by atoms with Gasteiger partial charge in [-0.05, 0) is 143 Å². The van der Waals surface area contributed by atoms with Crippen LogP contribution in [0.5, 0.6) is 0 Å². The van der Waals surface area contributed by atoms with E-state index in [4.69, 9.17) is 0 Å². The molecular weight excluding hydrogens is 721 g/mol. The quantitative estimate of drug-likeness (QED) is 0.153. The van der Waals surface area contributed by atoms with Crippen LogP contribution in [0.3, 0.4) is 0 Å². The predicted molar refractivity (Wildman–Crippen MR) is 259 cm³/mol. The first-order chi connectivity index (χ1) is 29.8. The van der Waals surface area contributed by atoms with Gasteiger partial charge in [-0.2, -0.15) is 0 Å². The van der Waals surface area contributed by atoms with Crippen molar-refractivity contribution < 1.29 is 0 Å². The van der Waals surface area contributed by atoms with Gasteiger partial charge >= 0.3 is 0 Å². The fraction of sp³-hybridized carbons (Fsp3) is 0. The van der Waals surface area contributed by atoms with Gasteiger partial charge in [0.2, 0.25) is 0 Å². The molecule has 13 rings (SSSR count). The highest BCUT2D eigenvalue weighted by molar-refractivity contribution is 6.28. The van der Waals surface area contributed by atoms with Crippen molar-refractivity contribution in [3.8, 4) is 55.6 Å². The molecule has 0 spiro atoms. The summed E-state index contributed by atoms with van der Waals surface area (Å²) in [5.41, 5.74) is 12.3. The minimum Gasteiger partial charge on any atom is -0.0622 e. The largest absolute Gasteiger partial charge is 0.0622 e. The second-order valence-electron chi connectivity index (χ2n) is 16.3. The van der Waals surface area contributed by atoms with E-state index in [1.165, 1.54) is 131 Å². The van der Waals surface area contributed by atoms with Crippen molar-refractivity contribution in [2.24, 2.45) is 0 Å². The Balaban J connectivity index is 1.11. The molecular formula is C60H36. The average molecular weight is 757 g/mol. The van der Waals surface area contributed by atoms with E-state index in [1.807, 2.05) is 0 Å². The average Bonchev–Trinajstić information content (AvgIpc) is 3.32. The maximum absolute atomic E-state index is 2.48. The van der Waals surface area contributed by atoms with Crippen molar-refractivity contribution in [2.75, 3.05) is 0 Å². The Morgan fingerprint density at radius 1 is 0.183 bits per heavy atom. The molecule has 0 saturated heterocycles. The Morgan fingerprint density at radius 3 is 1.22 bits per heavy atom. The van der Waals surface area contributed by atoms with Crippen LogP contribution in [0, 0.1) is 0 Å². The third-order valence-electron chi connectivity index (χ3n) is 13.2. The Hall–Kier alpha value is -7.80. The van der Waals surface area contributed by atoms with Gasteiger partial charge in [-0.3, -0.25) is 0 Å². The minimum absolute atomic E-state index is 1.19. The van der Waals surface area contributed by atoms with E-state index in [9.17, 15) is 0 Å². The number of hydrogen-bond donors (Lipinski definition) is 0. The van der Waals surface area contributed by atoms with Crippen molar-refractivity contribution in [3.05, 3.63) is 218 Å². The maximum atomic E-state index is 2.48. The summed E-state index contributed by atoms with van der Waals surface area (Å²) >= 11 is 0. The summed E-state index contributed by atoms with van der Waals surface area (Å²) in [4.78, 5) is 0. The van der Waals surface area contributed by atoms with E-state index in [2.05, 4.69) is 218 Å². The zero-order valence-electron chi connectivity index (χ0n) is 32.8. The van der Waals surface area contributed by atoms with E-state index >= 15 is 0 Å². The summed E-state index contributed by atoms with van der Waals surface area (Å²) in [6.07, 6.45) is 0. The molecule has 0 bridgehead atoms. The zero-order valence-corrected chi connectivity index (χ0v) is 32.8. The standard InChI is InChI=1S/C60H36/c1-3-11-37(12-4-1)53-35-45(29-32-48(53)47-30-25-43-23-21-39-15-9-17-41-27-33-51(47)59(43)56(39)41)54-36-55(46-19-7-8-20-50(46)58(54)38-13-5-2-6-14-38)49-31-26-44-24-22-40-16-10-18-42-28-34-52(49)60(44)57(40)42/h1-36H. The molecule has 0 fully saturated rings. The van der Waals surface area contributed by atoms with Gasteiger partial charge in [0.05, 0.1) is 0 Å². The van der Waals surface area contributed by atoms with Crippen LogP contribution in [0.1, 0.15) is 0 Å². The van der Waals surface area contributed by atoms with E-state index < -0.39 is 0 Å². The molecule has 0 amide bonds. The van der Waals surface area contributed by atoms with Crippen LogP contribution in [0.25, 0.3) is 131 Å². The highest BCUT2D eigenvalue weighted by Crippen LogP contribution is 2.49. The van der Waals surface area contributed by atoms with Crippen LogP contribution >= 0.6 is 0 Å².